The lowest BCUT2D eigenvalue weighted by atomic mass is 10.2. The second-order valence-corrected chi connectivity index (χ2v) is 11.7. The van der Waals surface area contributed by atoms with E-state index in [1.807, 2.05) is 0 Å². The molecule has 222 valence electrons. The topological polar surface area (TPSA) is 144 Å². The smallest absolute Gasteiger partial charge is 0.346 e. The summed E-state index contributed by atoms with van der Waals surface area (Å²) in [6.45, 7) is 0.815. The van der Waals surface area contributed by atoms with Gasteiger partial charge in [0, 0.05) is 17.5 Å². The number of fused-ring (bicyclic) bond motifs is 2. The molecule has 15 heteroatoms. The number of hydrogen-bond acceptors (Lipinski definition) is 9. The fourth-order valence-electron chi connectivity index (χ4n) is 3.93. The van der Waals surface area contributed by atoms with Crippen LogP contribution in [0, 0.1) is 11.6 Å². The number of carboxylic acids is 1. The molecule has 0 fully saturated rings. The minimum absolute atomic E-state index is 0.0240. The highest BCUT2D eigenvalue weighted by Crippen LogP contribution is 2.33. The Kier molecular flexibility index (Phi) is 9.06. The van der Waals surface area contributed by atoms with Crippen molar-refractivity contribution in [3.8, 4) is 17.2 Å². The summed E-state index contributed by atoms with van der Waals surface area (Å²) in [4.78, 5) is 43.5. The van der Waals surface area contributed by atoms with Gasteiger partial charge in [0.2, 0.25) is 0 Å². The quantitative estimate of drug-likeness (QED) is 0.223. The zero-order chi connectivity index (χ0) is 30.8. The summed E-state index contributed by atoms with van der Waals surface area (Å²) >= 11 is 2.08. The average molecular weight is 622 g/mol. The van der Waals surface area contributed by atoms with Crippen LogP contribution < -0.4 is 20.7 Å². The molecule has 0 radical (unpaired) electrons. The lowest BCUT2D eigenvalue weighted by molar-refractivity contribution is -0.870. The number of aliphatic hydroxyl groups is 1. The number of ether oxygens (including phenoxy) is 2. The van der Waals surface area contributed by atoms with Gasteiger partial charge in [0.05, 0.1) is 72.7 Å². The summed E-state index contributed by atoms with van der Waals surface area (Å²) in [5.41, 5.74) is -0.332. The summed E-state index contributed by atoms with van der Waals surface area (Å²) in [5.74, 6) is -3.06. The molecule has 0 aliphatic rings. The van der Waals surface area contributed by atoms with Gasteiger partial charge in [0.1, 0.15) is 23.8 Å². The highest BCUT2D eigenvalue weighted by Gasteiger charge is 2.22. The number of aliphatic hydroxyl groups excluding tert-OH is 1. The molecule has 2 aromatic carbocycles. The Morgan fingerprint density at radius 1 is 1.12 bits per heavy atom. The number of aromatic nitrogens is 3. The van der Waals surface area contributed by atoms with E-state index in [0.29, 0.717) is 10.1 Å². The van der Waals surface area contributed by atoms with Gasteiger partial charge in [0.25, 0.3) is 5.56 Å². The molecule has 3 aromatic heterocycles. The van der Waals surface area contributed by atoms with Crippen molar-refractivity contribution in [3.05, 3.63) is 78.1 Å². The number of hydrogen-bond donors (Lipinski definition) is 3. The summed E-state index contributed by atoms with van der Waals surface area (Å²) in [6.07, 6.45) is 0. The number of carbonyl (C=O) groups is 1. The van der Waals surface area contributed by atoms with E-state index in [2.05, 4.69) is 31.1 Å². The molecule has 0 atom stereocenters. The number of methoxy groups -OCH3 is 1. The Morgan fingerprint density at radius 2 is 1.86 bits per heavy atom. The summed E-state index contributed by atoms with van der Waals surface area (Å²) in [5, 5.41) is 18.8. The Hall–Kier alpha value is -4.18. The van der Waals surface area contributed by atoms with Crippen LogP contribution in [0.5, 0.6) is 11.5 Å². The molecular weight excluding hydrogens is 594 g/mol. The van der Waals surface area contributed by atoms with Gasteiger partial charge >= 0.3 is 11.7 Å². The van der Waals surface area contributed by atoms with Crippen molar-refractivity contribution in [2.24, 2.45) is 0 Å². The Labute approximate surface area is 245 Å². The van der Waals surface area contributed by atoms with Gasteiger partial charge in [-0.15, -0.1) is 22.7 Å². The van der Waals surface area contributed by atoms with Crippen LogP contribution in [0.4, 0.5) is 8.78 Å². The van der Waals surface area contributed by atoms with Crippen molar-refractivity contribution in [1.29, 1.82) is 0 Å². The molecule has 5 aromatic rings. The largest absolute Gasteiger partial charge is 0.493 e. The Bertz CT molecular complexity index is 1890. The van der Waals surface area contributed by atoms with Gasteiger partial charge < -0.3 is 29.2 Å². The van der Waals surface area contributed by atoms with Gasteiger partial charge in [-0.25, -0.2) is 27.9 Å². The molecular formula is C27H27F2N4O7S2+. The van der Waals surface area contributed by atoms with E-state index in [0.717, 1.165) is 39.2 Å². The number of aromatic carboxylic acids is 1. The molecule has 0 aliphatic heterocycles. The SMILES string of the molecule is COc1cc(F)c(-n2c(=O)[nH]c3csc(C(=O)O)c3c2=O)cc1OCc1c(F)ccc2scnc12.C[N+](C)(C)CCO. The van der Waals surface area contributed by atoms with Crippen molar-refractivity contribution >= 4 is 49.8 Å². The van der Waals surface area contributed by atoms with Crippen molar-refractivity contribution in [3.63, 3.8) is 0 Å². The monoisotopic (exact) mass is 621 g/mol. The predicted octanol–water partition coefficient (Wildman–Crippen LogP) is 3.60. The molecule has 3 heterocycles. The van der Waals surface area contributed by atoms with Crippen LogP contribution in [0.1, 0.15) is 15.2 Å². The number of nitrogens with zero attached hydrogens (tertiary/aromatic N) is 3. The van der Waals surface area contributed by atoms with E-state index in [9.17, 15) is 23.9 Å². The lowest BCUT2D eigenvalue weighted by Gasteiger charge is -2.21. The minimum atomic E-state index is -1.36. The molecule has 0 aliphatic carbocycles. The maximum absolute atomic E-state index is 15.0. The number of thiazole rings is 1. The van der Waals surface area contributed by atoms with Crippen LogP contribution in [-0.2, 0) is 6.61 Å². The number of carboxylic acid groups (broad SMARTS) is 1. The maximum atomic E-state index is 15.0. The van der Waals surface area contributed by atoms with E-state index in [1.54, 1.807) is 11.6 Å². The summed E-state index contributed by atoms with van der Waals surface area (Å²) < 4.78 is 42.4. The number of aromatic amines is 1. The number of rotatable bonds is 8. The first kappa shape index (κ1) is 30.8. The molecule has 0 saturated carbocycles. The normalized spacial score (nSPS) is 11.4. The van der Waals surface area contributed by atoms with Crippen LogP contribution in [-0.4, -0.2) is 76.6 Å². The first-order chi connectivity index (χ1) is 19.9. The third-order valence-electron chi connectivity index (χ3n) is 6.01. The highest BCUT2D eigenvalue weighted by molar-refractivity contribution is 7.16. The molecule has 0 spiro atoms. The predicted molar refractivity (Wildman–Crippen MR) is 155 cm³/mol. The zero-order valence-corrected chi connectivity index (χ0v) is 24.6. The van der Waals surface area contributed by atoms with Crippen LogP contribution in [0.25, 0.3) is 26.8 Å². The summed E-state index contributed by atoms with van der Waals surface area (Å²) in [7, 11) is 7.42. The van der Waals surface area contributed by atoms with Gasteiger partial charge in [-0.1, -0.05) is 0 Å². The molecule has 0 bridgehead atoms. The first-order valence-electron chi connectivity index (χ1n) is 12.3. The first-order valence-corrected chi connectivity index (χ1v) is 14.0. The number of nitrogens with one attached hydrogen (secondary N) is 1. The molecule has 3 N–H and O–H groups in total. The third-order valence-corrected chi connectivity index (χ3v) is 7.78. The van der Waals surface area contributed by atoms with Gasteiger partial charge in [0.15, 0.2) is 17.3 Å². The van der Waals surface area contributed by atoms with E-state index in [4.69, 9.17) is 14.6 Å². The Balaban J connectivity index is 0.000000517. The number of halogens is 2. The second-order valence-electron chi connectivity index (χ2n) is 9.94. The van der Waals surface area contributed by atoms with Crippen molar-refractivity contribution < 1.29 is 37.7 Å². The fraction of sp³-hybridized carbons (Fsp3) is 0.259. The fourth-order valence-corrected chi connectivity index (χ4v) is 5.47. The lowest BCUT2D eigenvalue weighted by Crippen LogP contribution is -2.36. The van der Waals surface area contributed by atoms with E-state index >= 15 is 4.39 Å². The number of benzene rings is 2. The molecule has 5 rings (SSSR count). The van der Waals surface area contributed by atoms with E-state index < -0.39 is 34.5 Å². The number of thiophene rings is 1. The number of quaternary nitrogens is 1. The number of likely N-dealkylation sites (N-methyl/N-ethyl adjacent to an activating group) is 1. The average Bonchev–Trinajstić information content (AvgIpc) is 3.56. The standard InChI is InChI=1S/C22H13F2N3O6S2.C5H14NO/c1-32-14-4-11(24)13(27-20(28)17-12(26-22(27)31)7-34-19(17)21(29)30)5-15(14)33-6-9-10(23)2-3-16-18(9)25-8-35-16;1-6(2,3)4-5-7/h2-5,7-8H,6H2,1H3,(H,26,31)(H,29,30);7H,4-5H2,1-3H3/q;+1. The second kappa shape index (κ2) is 12.4. The highest BCUT2D eigenvalue weighted by atomic mass is 32.1. The van der Waals surface area contributed by atoms with Gasteiger partial charge in [-0.3, -0.25) is 4.79 Å². The van der Waals surface area contributed by atoms with E-state index in [-0.39, 0.29) is 46.1 Å². The Morgan fingerprint density at radius 3 is 2.48 bits per heavy atom. The van der Waals surface area contributed by atoms with Gasteiger partial charge in [-0.2, -0.15) is 0 Å². The maximum Gasteiger partial charge on any atom is 0.346 e. The molecule has 42 heavy (non-hydrogen) atoms. The van der Waals surface area contributed by atoms with Gasteiger partial charge in [-0.05, 0) is 12.1 Å². The van der Waals surface area contributed by atoms with Crippen LogP contribution in [0.3, 0.4) is 0 Å². The molecule has 0 unspecified atom stereocenters. The van der Waals surface area contributed by atoms with E-state index in [1.165, 1.54) is 29.9 Å². The third kappa shape index (κ3) is 6.33. The van der Waals surface area contributed by atoms with Crippen molar-refractivity contribution in [1.82, 2.24) is 14.5 Å². The number of H-pyrrole nitrogens is 1. The molecule has 0 amide bonds. The minimum Gasteiger partial charge on any atom is -0.493 e. The van der Waals surface area contributed by atoms with Crippen molar-refractivity contribution in [2.45, 2.75) is 6.61 Å². The van der Waals surface area contributed by atoms with Crippen LogP contribution >= 0.6 is 22.7 Å². The van der Waals surface area contributed by atoms with Crippen LogP contribution in [0.15, 0.2) is 44.7 Å². The molecule has 0 saturated heterocycles. The van der Waals surface area contributed by atoms with Crippen molar-refractivity contribution in [2.75, 3.05) is 41.4 Å². The van der Waals surface area contributed by atoms with Crippen LogP contribution in [0.2, 0.25) is 0 Å². The molecule has 11 nitrogen and oxygen atoms in total. The zero-order valence-electron chi connectivity index (χ0n) is 22.9. The summed E-state index contributed by atoms with van der Waals surface area (Å²) in [6, 6.07) is 4.84.